The van der Waals surface area contributed by atoms with E-state index in [0.29, 0.717) is 34.7 Å². The number of hydrogen-bond donors (Lipinski definition) is 5. The third-order valence-electron chi connectivity index (χ3n) is 6.97. The van der Waals surface area contributed by atoms with E-state index in [4.69, 9.17) is 0 Å². The molecule has 6 rings (SSSR count). The Labute approximate surface area is 189 Å². The van der Waals surface area contributed by atoms with Gasteiger partial charge in [-0.3, -0.25) is 9.89 Å². The summed E-state index contributed by atoms with van der Waals surface area (Å²) in [4.78, 5) is 21.2. The van der Waals surface area contributed by atoms with Gasteiger partial charge >= 0.3 is 0 Å². The van der Waals surface area contributed by atoms with Gasteiger partial charge in [-0.2, -0.15) is 5.10 Å². The van der Waals surface area contributed by atoms with Crippen molar-refractivity contribution in [3.05, 3.63) is 59.3 Å². The summed E-state index contributed by atoms with van der Waals surface area (Å²) in [5, 5.41) is 17.9. The van der Waals surface area contributed by atoms with Crippen molar-refractivity contribution in [3.8, 4) is 11.3 Å². The van der Waals surface area contributed by atoms with Gasteiger partial charge < -0.3 is 20.9 Å². The molecule has 1 aromatic carbocycles. The van der Waals surface area contributed by atoms with Crippen LogP contribution in [-0.4, -0.2) is 45.7 Å². The number of rotatable bonds is 3. The highest BCUT2D eigenvalue weighted by atomic mass is 19.1. The average molecular weight is 446 g/mol. The summed E-state index contributed by atoms with van der Waals surface area (Å²) in [5.74, 6) is -0.442. The van der Waals surface area contributed by atoms with Gasteiger partial charge in [0.15, 0.2) is 5.65 Å². The van der Waals surface area contributed by atoms with Crippen LogP contribution in [0, 0.1) is 12.7 Å². The molecule has 1 saturated heterocycles. The Balaban J connectivity index is 1.62. The SMILES string of the molecule is Cc1c(F)cccc1Nc1c(-c2ccnc3[nH]ncc23)[nH]c2c1C(=O)NCC21CCCNC1. The summed E-state index contributed by atoms with van der Waals surface area (Å²) in [6.45, 7) is 4.04. The van der Waals surface area contributed by atoms with Gasteiger partial charge in [0.1, 0.15) is 5.82 Å². The van der Waals surface area contributed by atoms with E-state index in [2.05, 4.69) is 36.1 Å². The normalized spacial score (nSPS) is 20.1. The summed E-state index contributed by atoms with van der Waals surface area (Å²) in [6, 6.07) is 6.82. The van der Waals surface area contributed by atoms with Crippen molar-refractivity contribution >= 4 is 28.3 Å². The Morgan fingerprint density at radius 3 is 2.97 bits per heavy atom. The van der Waals surface area contributed by atoms with Gasteiger partial charge in [0.2, 0.25) is 0 Å². The number of piperidine rings is 1. The molecule has 1 spiro atoms. The molecule has 0 radical (unpaired) electrons. The molecule has 0 aliphatic carbocycles. The maximum atomic E-state index is 14.3. The standard InChI is InChI=1S/C24H24FN7O/c1-13-16(25)4-2-5-17(13)30-20-18-21(24(12-28-23(18)33)7-3-8-26-11-24)31-19(20)14-6-9-27-22-15(14)10-29-32-22/h2,4-6,9-10,26,30-31H,3,7-8,11-12H2,1H3,(H,28,33)(H,27,29,32). The first-order valence-corrected chi connectivity index (χ1v) is 11.1. The molecule has 1 atom stereocenters. The number of H-pyrrole nitrogens is 2. The lowest BCUT2D eigenvalue weighted by Gasteiger charge is -2.40. The Morgan fingerprint density at radius 1 is 1.21 bits per heavy atom. The topological polar surface area (TPSA) is 111 Å². The van der Waals surface area contributed by atoms with Crippen LogP contribution in [0.4, 0.5) is 15.8 Å². The molecule has 9 heteroatoms. The van der Waals surface area contributed by atoms with Crippen molar-refractivity contribution in [2.75, 3.05) is 25.0 Å². The number of benzene rings is 1. The van der Waals surface area contributed by atoms with E-state index in [9.17, 15) is 9.18 Å². The largest absolute Gasteiger partial charge is 0.355 e. The number of carbonyl (C=O) groups is 1. The number of halogens is 1. The molecule has 1 amide bonds. The van der Waals surface area contributed by atoms with Crippen LogP contribution < -0.4 is 16.0 Å². The fraction of sp³-hybridized carbons (Fsp3) is 0.292. The molecule has 168 valence electrons. The van der Waals surface area contributed by atoms with Crippen molar-refractivity contribution < 1.29 is 9.18 Å². The number of aromatic amines is 2. The summed E-state index contributed by atoms with van der Waals surface area (Å²) in [7, 11) is 0. The molecule has 3 aromatic heterocycles. The van der Waals surface area contributed by atoms with Gasteiger partial charge in [-0.05, 0) is 44.5 Å². The number of hydrogen-bond acceptors (Lipinski definition) is 5. The fourth-order valence-electron chi connectivity index (χ4n) is 5.16. The molecule has 1 fully saturated rings. The molecule has 5 heterocycles. The molecule has 5 N–H and O–H groups in total. The monoisotopic (exact) mass is 445 g/mol. The summed E-state index contributed by atoms with van der Waals surface area (Å²) in [5.41, 5.74) is 5.30. The number of nitrogens with zero attached hydrogens (tertiary/aromatic N) is 2. The lowest BCUT2D eigenvalue weighted by molar-refractivity contribution is 0.0916. The van der Waals surface area contributed by atoms with Crippen LogP contribution in [0.25, 0.3) is 22.3 Å². The van der Waals surface area contributed by atoms with Crippen molar-refractivity contribution in [1.29, 1.82) is 0 Å². The smallest absolute Gasteiger partial charge is 0.255 e. The predicted molar refractivity (Wildman–Crippen MR) is 124 cm³/mol. The number of pyridine rings is 1. The summed E-state index contributed by atoms with van der Waals surface area (Å²) in [6.07, 6.45) is 5.43. The third-order valence-corrected chi connectivity index (χ3v) is 6.97. The van der Waals surface area contributed by atoms with Crippen molar-refractivity contribution in [1.82, 2.24) is 30.8 Å². The first-order chi connectivity index (χ1) is 16.1. The lowest BCUT2D eigenvalue weighted by atomic mass is 9.74. The maximum absolute atomic E-state index is 14.3. The van der Waals surface area contributed by atoms with Crippen LogP contribution in [-0.2, 0) is 5.41 Å². The van der Waals surface area contributed by atoms with Gasteiger partial charge in [0, 0.05) is 52.6 Å². The van der Waals surface area contributed by atoms with Gasteiger partial charge in [-0.1, -0.05) is 6.07 Å². The van der Waals surface area contributed by atoms with E-state index in [1.54, 1.807) is 25.4 Å². The third kappa shape index (κ3) is 3.03. The number of carbonyl (C=O) groups excluding carboxylic acids is 1. The number of nitrogens with one attached hydrogen (secondary N) is 5. The van der Waals surface area contributed by atoms with E-state index < -0.39 is 0 Å². The minimum Gasteiger partial charge on any atom is -0.355 e. The molecule has 33 heavy (non-hydrogen) atoms. The number of fused-ring (bicyclic) bond motifs is 3. The quantitative estimate of drug-likeness (QED) is 0.332. The zero-order chi connectivity index (χ0) is 22.6. The number of amides is 1. The van der Waals surface area contributed by atoms with Crippen molar-refractivity contribution in [2.24, 2.45) is 0 Å². The summed E-state index contributed by atoms with van der Waals surface area (Å²) < 4.78 is 14.3. The highest BCUT2D eigenvalue weighted by molar-refractivity contribution is 6.08. The van der Waals surface area contributed by atoms with E-state index in [0.717, 1.165) is 48.3 Å². The zero-order valence-corrected chi connectivity index (χ0v) is 18.2. The van der Waals surface area contributed by atoms with E-state index in [1.165, 1.54) is 6.07 Å². The van der Waals surface area contributed by atoms with Crippen LogP contribution in [0.5, 0.6) is 0 Å². The molecule has 2 aliphatic heterocycles. The second-order valence-electron chi connectivity index (χ2n) is 8.90. The molecule has 8 nitrogen and oxygen atoms in total. The van der Waals surface area contributed by atoms with Crippen LogP contribution in [0.1, 0.15) is 34.5 Å². The predicted octanol–water partition coefficient (Wildman–Crippen LogP) is 3.51. The average Bonchev–Trinajstić information content (AvgIpc) is 3.46. The molecule has 1 unspecified atom stereocenters. The Kier molecular flexibility index (Phi) is 4.48. The van der Waals surface area contributed by atoms with Crippen molar-refractivity contribution in [3.63, 3.8) is 0 Å². The van der Waals surface area contributed by atoms with E-state index >= 15 is 0 Å². The number of anilines is 2. The highest BCUT2D eigenvalue weighted by Crippen LogP contribution is 2.45. The first kappa shape index (κ1) is 19.9. The molecule has 2 aliphatic rings. The second-order valence-corrected chi connectivity index (χ2v) is 8.90. The molecular formula is C24H24FN7O. The van der Waals surface area contributed by atoms with Crippen LogP contribution in [0.15, 0.2) is 36.7 Å². The molecule has 4 aromatic rings. The van der Waals surface area contributed by atoms with Crippen LogP contribution >= 0.6 is 0 Å². The number of aromatic nitrogens is 4. The lowest BCUT2D eigenvalue weighted by Crippen LogP contribution is -2.54. The van der Waals surface area contributed by atoms with Crippen LogP contribution in [0.2, 0.25) is 0 Å². The van der Waals surface area contributed by atoms with Gasteiger partial charge in [-0.15, -0.1) is 0 Å². The Bertz CT molecular complexity index is 1380. The van der Waals surface area contributed by atoms with Crippen LogP contribution in [0.3, 0.4) is 0 Å². The minimum atomic E-state index is -0.301. The maximum Gasteiger partial charge on any atom is 0.255 e. The van der Waals surface area contributed by atoms with Gasteiger partial charge in [0.25, 0.3) is 5.91 Å². The fourth-order valence-corrected chi connectivity index (χ4v) is 5.16. The summed E-state index contributed by atoms with van der Waals surface area (Å²) >= 11 is 0. The van der Waals surface area contributed by atoms with E-state index in [1.807, 2.05) is 12.1 Å². The van der Waals surface area contributed by atoms with Gasteiger partial charge in [0.05, 0.1) is 23.1 Å². The first-order valence-electron chi connectivity index (χ1n) is 11.1. The highest BCUT2D eigenvalue weighted by Gasteiger charge is 2.44. The van der Waals surface area contributed by atoms with Crippen molar-refractivity contribution in [2.45, 2.75) is 25.2 Å². The molecule has 0 bridgehead atoms. The minimum absolute atomic E-state index is 0.141. The second kappa shape index (κ2) is 7.41. The molecule has 0 saturated carbocycles. The van der Waals surface area contributed by atoms with Gasteiger partial charge in [-0.25, -0.2) is 9.37 Å². The Morgan fingerprint density at radius 2 is 2.12 bits per heavy atom. The molecular weight excluding hydrogens is 421 g/mol. The van der Waals surface area contributed by atoms with E-state index in [-0.39, 0.29) is 17.1 Å². The zero-order valence-electron chi connectivity index (χ0n) is 18.2. The Hall–Kier alpha value is -3.72.